The van der Waals surface area contributed by atoms with Gasteiger partial charge in [-0.2, -0.15) is 0 Å². The number of hydrogen-bond donors (Lipinski definition) is 1. The van der Waals surface area contributed by atoms with Gasteiger partial charge in [-0.15, -0.1) is 0 Å². The molecule has 98 valence electrons. The quantitative estimate of drug-likeness (QED) is 0.505. The highest BCUT2D eigenvalue weighted by molar-refractivity contribution is 5.34. The molecule has 4 heteroatoms. The van der Waals surface area contributed by atoms with Crippen LogP contribution in [0.25, 0.3) is 0 Å². The summed E-state index contributed by atoms with van der Waals surface area (Å²) in [5.74, 6) is 0. The molecule has 2 N–H and O–H groups in total. The molecule has 1 rings (SSSR count). The number of hydrogen-bond acceptors (Lipinski definition) is 3. The Kier molecular flexibility index (Phi) is 4.24. The Morgan fingerprint density at radius 2 is 1.89 bits per heavy atom. The Labute approximate surface area is 108 Å². The smallest absolute Gasteiger partial charge is 0.269 e. The predicted octanol–water partition coefficient (Wildman–Crippen LogP) is 3.07. The van der Waals surface area contributed by atoms with Crippen molar-refractivity contribution < 1.29 is 4.92 Å². The van der Waals surface area contributed by atoms with E-state index >= 15 is 0 Å². The fourth-order valence-corrected chi connectivity index (χ4v) is 1.69. The van der Waals surface area contributed by atoms with Crippen LogP contribution in [0, 0.1) is 15.5 Å². The van der Waals surface area contributed by atoms with E-state index in [1.54, 1.807) is 12.1 Å². The van der Waals surface area contributed by atoms with Crippen LogP contribution in [0.15, 0.2) is 36.4 Å². The summed E-state index contributed by atoms with van der Waals surface area (Å²) in [4.78, 5) is 10.1. The number of nitrogens with two attached hydrogens (primary N) is 1. The zero-order valence-electron chi connectivity index (χ0n) is 11.1. The molecule has 0 aromatic heterocycles. The monoisotopic (exact) mass is 248 g/mol. The summed E-state index contributed by atoms with van der Waals surface area (Å²) < 4.78 is 0. The van der Waals surface area contributed by atoms with Crippen molar-refractivity contribution in [2.24, 2.45) is 11.1 Å². The van der Waals surface area contributed by atoms with E-state index in [0.29, 0.717) is 6.42 Å². The van der Waals surface area contributed by atoms with Crippen LogP contribution in [0.3, 0.4) is 0 Å². The first-order valence-corrected chi connectivity index (χ1v) is 5.90. The molecule has 0 heterocycles. The Bertz CT molecular complexity index is 444. The minimum atomic E-state index is -0.405. The summed E-state index contributed by atoms with van der Waals surface area (Å²) in [6.45, 7) is 10.3. The molecule has 0 aliphatic heterocycles. The normalized spacial score (nSPS) is 13.1. The van der Waals surface area contributed by atoms with Crippen molar-refractivity contribution in [3.8, 4) is 0 Å². The summed E-state index contributed by atoms with van der Waals surface area (Å²) >= 11 is 0. The van der Waals surface area contributed by atoms with Crippen molar-refractivity contribution in [3.05, 3.63) is 52.1 Å². The topological polar surface area (TPSA) is 69.2 Å². The van der Waals surface area contributed by atoms with Gasteiger partial charge in [0.15, 0.2) is 0 Å². The van der Waals surface area contributed by atoms with E-state index < -0.39 is 4.92 Å². The second-order valence-electron chi connectivity index (χ2n) is 5.51. The fourth-order valence-electron chi connectivity index (χ4n) is 1.69. The van der Waals surface area contributed by atoms with Gasteiger partial charge in [-0.3, -0.25) is 10.1 Å². The Hall–Kier alpha value is -1.68. The van der Waals surface area contributed by atoms with Crippen LogP contribution in [0.1, 0.15) is 26.3 Å². The minimum Gasteiger partial charge on any atom is -0.324 e. The van der Waals surface area contributed by atoms with Gasteiger partial charge >= 0.3 is 0 Å². The molecule has 0 aliphatic carbocycles. The SMILES string of the molecule is C=C([C@H](N)Cc1ccc([N+](=O)[O-])cc1)C(C)(C)C. The van der Waals surface area contributed by atoms with E-state index in [1.165, 1.54) is 12.1 Å². The maximum absolute atomic E-state index is 10.5. The Balaban J connectivity index is 2.74. The van der Waals surface area contributed by atoms with E-state index in [2.05, 4.69) is 27.4 Å². The molecule has 0 bridgehead atoms. The van der Waals surface area contributed by atoms with Crippen molar-refractivity contribution in [1.82, 2.24) is 0 Å². The van der Waals surface area contributed by atoms with Crippen LogP contribution in [-0.2, 0) is 6.42 Å². The molecule has 0 amide bonds. The molecule has 0 unspecified atom stereocenters. The van der Waals surface area contributed by atoms with Crippen molar-refractivity contribution in [1.29, 1.82) is 0 Å². The predicted molar refractivity (Wildman–Crippen MR) is 73.4 cm³/mol. The average Bonchev–Trinajstić information content (AvgIpc) is 2.27. The lowest BCUT2D eigenvalue weighted by molar-refractivity contribution is -0.384. The van der Waals surface area contributed by atoms with Crippen LogP contribution >= 0.6 is 0 Å². The van der Waals surface area contributed by atoms with Gasteiger partial charge in [-0.1, -0.05) is 45.1 Å². The molecule has 0 saturated carbocycles. The zero-order valence-corrected chi connectivity index (χ0v) is 11.1. The summed E-state index contributed by atoms with van der Waals surface area (Å²) in [6.07, 6.45) is 0.647. The van der Waals surface area contributed by atoms with E-state index in [1.807, 2.05) is 0 Å². The van der Waals surface area contributed by atoms with Gasteiger partial charge in [0.1, 0.15) is 0 Å². The van der Waals surface area contributed by atoms with E-state index in [4.69, 9.17) is 5.73 Å². The maximum Gasteiger partial charge on any atom is 0.269 e. The van der Waals surface area contributed by atoms with Crippen LogP contribution in [0.4, 0.5) is 5.69 Å². The maximum atomic E-state index is 10.5. The first-order valence-electron chi connectivity index (χ1n) is 5.90. The van der Waals surface area contributed by atoms with Crippen molar-refractivity contribution >= 4 is 5.69 Å². The largest absolute Gasteiger partial charge is 0.324 e. The number of non-ortho nitro benzene ring substituents is 1. The average molecular weight is 248 g/mol. The number of nitro benzene ring substituents is 1. The summed E-state index contributed by atoms with van der Waals surface area (Å²) in [5.41, 5.74) is 8.14. The highest BCUT2D eigenvalue weighted by atomic mass is 16.6. The standard InChI is InChI=1S/C14H20N2O2/c1-10(14(2,3)4)13(15)9-11-5-7-12(8-6-11)16(17)18/h5-8,13H,1,9,15H2,2-4H3/t13-/m1/s1. The van der Waals surface area contributed by atoms with Crippen molar-refractivity contribution in [3.63, 3.8) is 0 Å². The van der Waals surface area contributed by atoms with E-state index in [0.717, 1.165) is 11.1 Å². The Morgan fingerprint density at radius 3 is 2.28 bits per heavy atom. The van der Waals surface area contributed by atoms with Crippen molar-refractivity contribution in [2.75, 3.05) is 0 Å². The first kappa shape index (κ1) is 14.4. The number of nitro groups is 1. The van der Waals surface area contributed by atoms with Gasteiger partial charge in [0.05, 0.1) is 4.92 Å². The molecule has 1 atom stereocenters. The third-order valence-corrected chi connectivity index (χ3v) is 3.01. The first-order chi connectivity index (χ1) is 8.21. The molecule has 1 aromatic rings. The lowest BCUT2D eigenvalue weighted by atomic mass is 9.81. The minimum absolute atomic E-state index is 0.0276. The lowest BCUT2D eigenvalue weighted by Crippen LogP contribution is -2.31. The number of nitrogens with zero attached hydrogens (tertiary/aromatic N) is 1. The third kappa shape index (κ3) is 3.67. The van der Waals surface area contributed by atoms with Gasteiger partial charge in [-0.05, 0) is 17.4 Å². The molecule has 0 fully saturated rings. The molecule has 18 heavy (non-hydrogen) atoms. The van der Waals surface area contributed by atoms with Gasteiger partial charge in [0.2, 0.25) is 0 Å². The second-order valence-corrected chi connectivity index (χ2v) is 5.51. The molecular weight excluding hydrogens is 228 g/mol. The molecule has 0 saturated heterocycles. The van der Waals surface area contributed by atoms with Gasteiger partial charge in [0, 0.05) is 18.2 Å². The molecule has 0 aliphatic rings. The summed E-state index contributed by atoms with van der Waals surface area (Å²) in [6, 6.07) is 6.36. The Morgan fingerprint density at radius 1 is 1.39 bits per heavy atom. The molecular formula is C14H20N2O2. The van der Waals surface area contributed by atoms with Crippen LogP contribution in [0.5, 0.6) is 0 Å². The molecule has 0 radical (unpaired) electrons. The highest BCUT2D eigenvalue weighted by Crippen LogP contribution is 2.27. The molecule has 1 aromatic carbocycles. The van der Waals surface area contributed by atoms with Crippen LogP contribution in [-0.4, -0.2) is 11.0 Å². The number of rotatable bonds is 4. The second kappa shape index (κ2) is 5.31. The lowest BCUT2D eigenvalue weighted by Gasteiger charge is -2.27. The molecule has 4 nitrogen and oxygen atoms in total. The van der Waals surface area contributed by atoms with Gasteiger partial charge in [0.25, 0.3) is 5.69 Å². The number of benzene rings is 1. The van der Waals surface area contributed by atoms with Crippen LogP contribution in [0.2, 0.25) is 0 Å². The zero-order chi connectivity index (χ0) is 13.9. The third-order valence-electron chi connectivity index (χ3n) is 3.01. The summed E-state index contributed by atoms with van der Waals surface area (Å²) in [5, 5.41) is 10.5. The highest BCUT2D eigenvalue weighted by Gasteiger charge is 2.21. The summed E-state index contributed by atoms with van der Waals surface area (Å²) in [7, 11) is 0. The fraction of sp³-hybridized carbons (Fsp3) is 0.429. The van der Waals surface area contributed by atoms with Crippen LogP contribution < -0.4 is 5.73 Å². The van der Waals surface area contributed by atoms with Gasteiger partial charge in [-0.25, -0.2) is 0 Å². The van der Waals surface area contributed by atoms with E-state index in [-0.39, 0.29) is 17.1 Å². The van der Waals surface area contributed by atoms with Crippen molar-refractivity contribution in [2.45, 2.75) is 33.2 Å². The van der Waals surface area contributed by atoms with Gasteiger partial charge < -0.3 is 5.73 Å². The molecule has 0 spiro atoms. The van der Waals surface area contributed by atoms with E-state index in [9.17, 15) is 10.1 Å².